The number of nitrogens with zero attached hydrogens (tertiary/aromatic N) is 2. The van der Waals surface area contributed by atoms with Gasteiger partial charge in [0.2, 0.25) is 5.91 Å². The molecule has 1 aromatic rings. The average molecular weight is 272 g/mol. The summed E-state index contributed by atoms with van der Waals surface area (Å²) in [7, 11) is 4.04. The highest BCUT2D eigenvalue weighted by molar-refractivity contribution is 5.91. The molecule has 1 amide bonds. The lowest BCUT2D eigenvalue weighted by molar-refractivity contribution is -0.125. The summed E-state index contributed by atoms with van der Waals surface area (Å²) in [5.74, 6) is 0.142. The molecular formula is C17H24N2O. The Balaban J connectivity index is 1.95. The Morgan fingerprint density at radius 1 is 1.05 bits per heavy atom. The second-order valence-electron chi connectivity index (χ2n) is 5.56. The molecule has 0 bridgehead atoms. The molecule has 3 heteroatoms. The molecule has 1 fully saturated rings. The fourth-order valence-corrected chi connectivity index (χ4v) is 2.45. The quantitative estimate of drug-likeness (QED) is 0.789. The summed E-state index contributed by atoms with van der Waals surface area (Å²) in [5.41, 5.74) is 2.24. The monoisotopic (exact) mass is 272 g/mol. The number of benzene rings is 1. The molecule has 1 heterocycles. The van der Waals surface area contributed by atoms with Crippen LogP contribution in [0.15, 0.2) is 30.3 Å². The van der Waals surface area contributed by atoms with Crippen molar-refractivity contribution in [2.24, 2.45) is 0 Å². The van der Waals surface area contributed by atoms with Gasteiger partial charge in [-0.25, -0.2) is 0 Å². The van der Waals surface area contributed by atoms with Gasteiger partial charge in [-0.3, -0.25) is 4.79 Å². The van der Waals surface area contributed by atoms with Gasteiger partial charge in [-0.1, -0.05) is 25.0 Å². The van der Waals surface area contributed by atoms with Crippen LogP contribution < -0.4 is 4.90 Å². The Morgan fingerprint density at radius 3 is 2.20 bits per heavy atom. The number of rotatable bonds is 3. The SMILES string of the molecule is CN(C)c1ccc(/C=C/C(=O)N2CCCCCC2)cc1. The first-order valence-corrected chi connectivity index (χ1v) is 7.41. The van der Waals surface area contributed by atoms with Crippen LogP contribution in [0.5, 0.6) is 0 Å². The summed E-state index contributed by atoms with van der Waals surface area (Å²) in [4.78, 5) is 16.2. The van der Waals surface area contributed by atoms with Gasteiger partial charge in [0.15, 0.2) is 0 Å². The van der Waals surface area contributed by atoms with Gasteiger partial charge >= 0.3 is 0 Å². The lowest BCUT2D eigenvalue weighted by Gasteiger charge is -2.18. The van der Waals surface area contributed by atoms with Crippen molar-refractivity contribution in [3.63, 3.8) is 0 Å². The van der Waals surface area contributed by atoms with Crippen LogP contribution in [-0.4, -0.2) is 38.0 Å². The zero-order chi connectivity index (χ0) is 14.4. The highest BCUT2D eigenvalue weighted by atomic mass is 16.2. The molecule has 1 saturated heterocycles. The first kappa shape index (κ1) is 14.6. The topological polar surface area (TPSA) is 23.6 Å². The minimum atomic E-state index is 0.142. The van der Waals surface area contributed by atoms with Crippen LogP contribution in [0.2, 0.25) is 0 Å². The molecule has 0 spiro atoms. The number of carbonyl (C=O) groups excluding carboxylic acids is 1. The Kier molecular flexibility index (Phi) is 5.22. The average Bonchev–Trinajstić information content (AvgIpc) is 2.74. The highest BCUT2D eigenvalue weighted by Crippen LogP contribution is 2.14. The third kappa shape index (κ3) is 4.12. The van der Waals surface area contributed by atoms with Crippen LogP contribution in [0.3, 0.4) is 0 Å². The van der Waals surface area contributed by atoms with Gasteiger partial charge in [0.05, 0.1) is 0 Å². The zero-order valence-electron chi connectivity index (χ0n) is 12.5. The number of anilines is 1. The van der Waals surface area contributed by atoms with E-state index in [9.17, 15) is 4.79 Å². The van der Waals surface area contributed by atoms with E-state index in [2.05, 4.69) is 17.0 Å². The molecule has 1 aliphatic heterocycles. The summed E-state index contributed by atoms with van der Waals surface area (Å²) < 4.78 is 0. The van der Waals surface area contributed by atoms with Gasteiger partial charge < -0.3 is 9.80 Å². The lowest BCUT2D eigenvalue weighted by Crippen LogP contribution is -2.30. The van der Waals surface area contributed by atoms with Crippen LogP contribution in [0.25, 0.3) is 6.08 Å². The molecule has 0 aromatic heterocycles. The Bertz CT molecular complexity index is 454. The molecule has 1 aromatic carbocycles. The van der Waals surface area contributed by atoms with Gasteiger partial charge in [0.25, 0.3) is 0 Å². The van der Waals surface area contributed by atoms with Gasteiger partial charge in [-0.2, -0.15) is 0 Å². The normalized spacial score (nSPS) is 16.2. The minimum absolute atomic E-state index is 0.142. The molecule has 3 nitrogen and oxygen atoms in total. The smallest absolute Gasteiger partial charge is 0.246 e. The first-order chi connectivity index (χ1) is 9.66. The minimum Gasteiger partial charge on any atom is -0.378 e. The molecular weight excluding hydrogens is 248 g/mol. The number of hydrogen-bond donors (Lipinski definition) is 0. The van der Waals surface area contributed by atoms with Crippen LogP contribution >= 0.6 is 0 Å². The van der Waals surface area contributed by atoms with E-state index < -0.39 is 0 Å². The van der Waals surface area contributed by atoms with E-state index in [1.54, 1.807) is 6.08 Å². The van der Waals surface area contributed by atoms with E-state index in [0.717, 1.165) is 31.5 Å². The molecule has 0 aliphatic carbocycles. The molecule has 0 radical (unpaired) electrons. The third-order valence-electron chi connectivity index (χ3n) is 3.75. The van der Waals surface area contributed by atoms with Crippen molar-refractivity contribution in [1.29, 1.82) is 0 Å². The van der Waals surface area contributed by atoms with Crippen molar-refractivity contribution in [3.8, 4) is 0 Å². The predicted octanol–water partition coefficient (Wildman–Crippen LogP) is 3.17. The first-order valence-electron chi connectivity index (χ1n) is 7.41. The molecule has 2 rings (SSSR count). The van der Waals surface area contributed by atoms with Crippen molar-refractivity contribution in [2.45, 2.75) is 25.7 Å². The van der Waals surface area contributed by atoms with E-state index in [1.165, 1.54) is 18.5 Å². The molecule has 1 aliphatic rings. The fourth-order valence-electron chi connectivity index (χ4n) is 2.45. The van der Waals surface area contributed by atoms with Crippen LogP contribution in [-0.2, 0) is 4.79 Å². The Labute approximate surface area is 121 Å². The third-order valence-corrected chi connectivity index (χ3v) is 3.75. The second-order valence-corrected chi connectivity index (χ2v) is 5.56. The van der Waals surface area contributed by atoms with Crippen LogP contribution in [0.4, 0.5) is 5.69 Å². The number of likely N-dealkylation sites (tertiary alicyclic amines) is 1. The highest BCUT2D eigenvalue weighted by Gasteiger charge is 2.12. The van der Waals surface area contributed by atoms with E-state index in [0.29, 0.717) is 0 Å². The maximum absolute atomic E-state index is 12.1. The van der Waals surface area contributed by atoms with Gasteiger partial charge in [-0.05, 0) is 36.6 Å². The van der Waals surface area contributed by atoms with Crippen LogP contribution in [0.1, 0.15) is 31.2 Å². The van der Waals surface area contributed by atoms with Gasteiger partial charge in [0, 0.05) is 38.9 Å². The number of hydrogen-bond acceptors (Lipinski definition) is 2. The zero-order valence-corrected chi connectivity index (χ0v) is 12.5. The molecule has 20 heavy (non-hydrogen) atoms. The van der Waals surface area contributed by atoms with Crippen molar-refractivity contribution in [2.75, 3.05) is 32.1 Å². The second kappa shape index (κ2) is 7.13. The summed E-state index contributed by atoms with van der Waals surface area (Å²) in [6.45, 7) is 1.81. The summed E-state index contributed by atoms with van der Waals surface area (Å²) in [6, 6.07) is 8.22. The largest absolute Gasteiger partial charge is 0.378 e. The van der Waals surface area contributed by atoms with Gasteiger partial charge in [-0.15, -0.1) is 0 Å². The summed E-state index contributed by atoms with van der Waals surface area (Å²) in [6.07, 6.45) is 8.38. The fraction of sp³-hybridized carbons (Fsp3) is 0.471. The molecule has 0 atom stereocenters. The molecule has 0 saturated carbocycles. The number of amides is 1. The Morgan fingerprint density at radius 2 is 1.65 bits per heavy atom. The lowest BCUT2D eigenvalue weighted by atomic mass is 10.2. The van der Waals surface area contributed by atoms with Crippen LogP contribution in [0, 0.1) is 0 Å². The van der Waals surface area contributed by atoms with Crippen molar-refractivity contribution in [1.82, 2.24) is 4.90 Å². The number of carbonyl (C=O) groups is 1. The van der Waals surface area contributed by atoms with E-state index >= 15 is 0 Å². The predicted molar refractivity (Wildman–Crippen MR) is 84.9 cm³/mol. The summed E-state index contributed by atoms with van der Waals surface area (Å²) >= 11 is 0. The van der Waals surface area contributed by atoms with Crippen molar-refractivity contribution in [3.05, 3.63) is 35.9 Å². The molecule has 0 N–H and O–H groups in total. The standard InChI is InChI=1S/C17H24N2O/c1-18(2)16-10-7-15(8-11-16)9-12-17(20)19-13-5-3-4-6-14-19/h7-12H,3-6,13-14H2,1-2H3/b12-9+. The molecule has 0 unspecified atom stereocenters. The maximum atomic E-state index is 12.1. The van der Waals surface area contributed by atoms with Crippen molar-refractivity contribution < 1.29 is 4.79 Å². The van der Waals surface area contributed by atoms with E-state index in [4.69, 9.17) is 0 Å². The van der Waals surface area contributed by atoms with Gasteiger partial charge in [0.1, 0.15) is 0 Å². The van der Waals surface area contributed by atoms with E-state index in [-0.39, 0.29) is 5.91 Å². The van der Waals surface area contributed by atoms with Crippen molar-refractivity contribution >= 4 is 17.7 Å². The maximum Gasteiger partial charge on any atom is 0.246 e. The summed E-state index contributed by atoms with van der Waals surface area (Å²) in [5, 5.41) is 0. The van der Waals surface area contributed by atoms with E-state index in [1.807, 2.05) is 37.2 Å². The Hall–Kier alpha value is -1.77. The molecule has 108 valence electrons.